The molecular weight excluding hydrogens is 348 g/mol. The number of hydrogen-bond acceptors (Lipinski definition) is 4. The van der Waals surface area contributed by atoms with Gasteiger partial charge in [-0.05, 0) is 46.1 Å². The van der Waals surface area contributed by atoms with Gasteiger partial charge in [-0.1, -0.05) is 30.3 Å². The molecule has 1 aliphatic carbocycles. The molecule has 0 spiro atoms. The Morgan fingerprint density at radius 1 is 1.22 bits per heavy atom. The van der Waals surface area contributed by atoms with Gasteiger partial charge in [-0.2, -0.15) is 0 Å². The van der Waals surface area contributed by atoms with Crippen LogP contribution < -0.4 is 5.32 Å². The number of carboxylic acid groups (broad SMARTS) is 1. The predicted molar refractivity (Wildman–Crippen MR) is 100.0 cm³/mol. The third kappa shape index (κ3) is 5.70. The van der Waals surface area contributed by atoms with E-state index in [1.807, 2.05) is 30.3 Å². The molecule has 2 N–H and O–H groups in total. The first kappa shape index (κ1) is 20.7. The molecule has 0 radical (unpaired) electrons. The van der Waals surface area contributed by atoms with Crippen LogP contribution in [-0.2, 0) is 20.9 Å². The Morgan fingerprint density at radius 3 is 2.30 bits per heavy atom. The van der Waals surface area contributed by atoms with Gasteiger partial charge in [0.1, 0.15) is 11.6 Å². The Hall–Kier alpha value is -2.57. The van der Waals surface area contributed by atoms with Crippen LogP contribution in [0, 0.1) is 5.41 Å². The van der Waals surface area contributed by atoms with Gasteiger partial charge in [0, 0.05) is 13.1 Å². The molecule has 1 aromatic carbocycles. The Labute approximate surface area is 159 Å². The highest BCUT2D eigenvalue weighted by Crippen LogP contribution is 2.47. The number of amides is 2. The second-order valence-electron chi connectivity index (χ2n) is 8.07. The highest BCUT2D eigenvalue weighted by atomic mass is 16.6. The number of alkyl carbamates (subject to hydrolysis) is 1. The number of nitrogens with zero attached hydrogens (tertiary/aromatic N) is 1. The summed E-state index contributed by atoms with van der Waals surface area (Å²) in [5, 5.41) is 12.1. The third-order valence-corrected chi connectivity index (χ3v) is 4.56. The van der Waals surface area contributed by atoms with Crippen LogP contribution in [0.3, 0.4) is 0 Å². The molecule has 1 aliphatic rings. The molecule has 27 heavy (non-hydrogen) atoms. The van der Waals surface area contributed by atoms with Crippen LogP contribution in [-0.4, -0.2) is 46.2 Å². The van der Waals surface area contributed by atoms with Gasteiger partial charge in [-0.15, -0.1) is 0 Å². The number of aliphatic carboxylic acids is 1. The van der Waals surface area contributed by atoms with Crippen molar-refractivity contribution in [1.29, 1.82) is 0 Å². The largest absolute Gasteiger partial charge is 0.480 e. The minimum absolute atomic E-state index is 0.137. The highest BCUT2D eigenvalue weighted by Gasteiger charge is 2.53. The van der Waals surface area contributed by atoms with Crippen molar-refractivity contribution in [3.63, 3.8) is 0 Å². The van der Waals surface area contributed by atoms with E-state index in [1.54, 1.807) is 20.8 Å². The standard InChI is InChI=1S/C20H28N2O5/c1-14(16(23)24)22(12-15-8-6-5-7-9-15)17(25)20(10-11-20)13-21-18(26)27-19(2,3)4/h5-9,14H,10-13H2,1-4H3,(H,21,26)(H,23,24)/t14-/m0/s1. The van der Waals surface area contributed by atoms with E-state index >= 15 is 0 Å². The first-order valence-electron chi connectivity index (χ1n) is 9.09. The van der Waals surface area contributed by atoms with Gasteiger partial charge >= 0.3 is 12.1 Å². The fraction of sp³-hybridized carbons (Fsp3) is 0.550. The van der Waals surface area contributed by atoms with Gasteiger partial charge in [0.05, 0.1) is 5.41 Å². The van der Waals surface area contributed by atoms with E-state index in [1.165, 1.54) is 11.8 Å². The van der Waals surface area contributed by atoms with Crippen molar-refractivity contribution < 1.29 is 24.2 Å². The molecule has 7 nitrogen and oxygen atoms in total. The number of nitrogens with one attached hydrogen (secondary N) is 1. The smallest absolute Gasteiger partial charge is 0.407 e. The number of hydrogen-bond donors (Lipinski definition) is 2. The molecule has 148 valence electrons. The van der Waals surface area contributed by atoms with Crippen LogP contribution in [0.15, 0.2) is 30.3 Å². The van der Waals surface area contributed by atoms with E-state index in [4.69, 9.17) is 4.74 Å². The lowest BCUT2D eigenvalue weighted by Gasteiger charge is -2.31. The van der Waals surface area contributed by atoms with Crippen molar-refractivity contribution in [2.24, 2.45) is 5.41 Å². The van der Waals surface area contributed by atoms with Gasteiger partial charge in [0.25, 0.3) is 0 Å². The van der Waals surface area contributed by atoms with Crippen molar-refractivity contribution in [3.8, 4) is 0 Å². The third-order valence-electron chi connectivity index (χ3n) is 4.56. The van der Waals surface area contributed by atoms with Crippen molar-refractivity contribution in [3.05, 3.63) is 35.9 Å². The average Bonchev–Trinajstić information content (AvgIpc) is 3.37. The summed E-state index contributed by atoms with van der Waals surface area (Å²) in [4.78, 5) is 38.0. The quantitative estimate of drug-likeness (QED) is 0.763. The molecule has 0 unspecified atom stereocenters. The maximum absolute atomic E-state index is 13.1. The summed E-state index contributed by atoms with van der Waals surface area (Å²) in [6.45, 7) is 7.14. The first-order valence-corrected chi connectivity index (χ1v) is 9.09. The Balaban J connectivity index is 2.09. The van der Waals surface area contributed by atoms with E-state index < -0.39 is 29.1 Å². The molecule has 0 aliphatic heterocycles. The summed E-state index contributed by atoms with van der Waals surface area (Å²) < 4.78 is 5.21. The summed E-state index contributed by atoms with van der Waals surface area (Å²) in [6.07, 6.45) is 0.640. The second-order valence-corrected chi connectivity index (χ2v) is 8.07. The van der Waals surface area contributed by atoms with Crippen LogP contribution in [0.4, 0.5) is 4.79 Å². The molecule has 0 aromatic heterocycles. The number of ether oxygens (including phenoxy) is 1. The highest BCUT2D eigenvalue weighted by molar-refractivity contribution is 5.90. The van der Waals surface area contributed by atoms with Crippen molar-refractivity contribution in [1.82, 2.24) is 10.2 Å². The number of carbonyl (C=O) groups excluding carboxylic acids is 2. The van der Waals surface area contributed by atoms with Gasteiger partial charge in [-0.25, -0.2) is 9.59 Å². The van der Waals surface area contributed by atoms with E-state index in [2.05, 4.69) is 5.32 Å². The summed E-state index contributed by atoms with van der Waals surface area (Å²) in [5.74, 6) is -1.31. The van der Waals surface area contributed by atoms with E-state index in [-0.39, 0.29) is 19.0 Å². The topological polar surface area (TPSA) is 95.9 Å². The molecule has 1 saturated carbocycles. The fourth-order valence-corrected chi connectivity index (χ4v) is 2.78. The summed E-state index contributed by atoms with van der Waals surface area (Å²) in [5.41, 5.74) is -0.521. The zero-order valence-corrected chi connectivity index (χ0v) is 16.3. The molecule has 2 rings (SSSR count). The molecule has 1 atom stereocenters. The second kappa shape index (κ2) is 7.98. The normalized spacial score (nSPS) is 16.1. The minimum atomic E-state index is -1.06. The SMILES string of the molecule is C[C@@H](C(=O)O)N(Cc1ccccc1)C(=O)C1(CNC(=O)OC(C)(C)C)CC1. The number of rotatable bonds is 7. The van der Waals surface area contributed by atoms with E-state index in [0.29, 0.717) is 12.8 Å². The lowest BCUT2D eigenvalue weighted by atomic mass is 10.0. The van der Waals surface area contributed by atoms with E-state index in [0.717, 1.165) is 5.56 Å². The maximum Gasteiger partial charge on any atom is 0.407 e. The van der Waals surface area contributed by atoms with Gasteiger partial charge in [0.15, 0.2) is 0 Å². The van der Waals surface area contributed by atoms with Crippen LogP contribution in [0.5, 0.6) is 0 Å². The number of benzene rings is 1. The number of carboxylic acids is 1. The monoisotopic (exact) mass is 376 g/mol. The molecule has 2 amide bonds. The molecule has 0 heterocycles. The molecule has 1 fully saturated rings. The van der Waals surface area contributed by atoms with Gasteiger partial charge in [-0.3, -0.25) is 4.79 Å². The maximum atomic E-state index is 13.1. The Morgan fingerprint density at radius 2 is 1.81 bits per heavy atom. The number of carbonyl (C=O) groups is 3. The van der Waals surface area contributed by atoms with Gasteiger partial charge in [0.2, 0.25) is 5.91 Å². The molecule has 0 saturated heterocycles. The Kier molecular flexibility index (Phi) is 6.13. The lowest BCUT2D eigenvalue weighted by molar-refractivity contribution is -0.152. The molecule has 1 aromatic rings. The van der Waals surface area contributed by atoms with Crippen LogP contribution in [0.1, 0.15) is 46.1 Å². The van der Waals surface area contributed by atoms with Crippen LogP contribution >= 0.6 is 0 Å². The average molecular weight is 376 g/mol. The molecule has 7 heteroatoms. The van der Waals surface area contributed by atoms with Crippen LogP contribution in [0.2, 0.25) is 0 Å². The zero-order chi connectivity index (χ0) is 20.2. The minimum Gasteiger partial charge on any atom is -0.480 e. The molecule has 0 bridgehead atoms. The predicted octanol–water partition coefficient (Wildman–Crippen LogP) is 2.79. The zero-order valence-electron chi connectivity index (χ0n) is 16.3. The fourth-order valence-electron chi connectivity index (χ4n) is 2.78. The van der Waals surface area contributed by atoms with Gasteiger partial charge < -0.3 is 20.1 Å². The summed E-state index contributed by atoms with van der Waals surface area (Å²) in [7, 11) is 0. The van der Waals surface area contributed by atoms with Crippen molar-refractivity contribution in [2.75, 3.05) is 6.54 Å². The Bertz CT molecular complexity index is 692. The van der Waals surface area contributed by atoms with Crippen LogP contribution in [0.25, 0.3) is 0 Å². The molecular formula is C20H28N2O5. The van der Waals surface area contributed by atoms with E-state index in [9.17, 15) is 19.5 Å². The summed E-state index contributed by atoms with van der Waals surface area (Å²) in [6, 6.07) is 8.31. The van der Waals surface area contributed by atoms with Crippen molar-refractivity contribution >= 4 is 18.0 Å². The lowest BCUT2D eigenvalue weighted by Crippen LogP contribution is -2.49. The first-order chi connectivity index (χ1) is 12.5. The van der Waals surface area contributed by atoms with Crippen molar-refractivity contribution in [2.45, 2.75) is 58.7 Å². The summed E-state index contributed by atoms with van der Waals surface area (Å²) >= 11 is 0.